The molecule has 1 heterocycles. The monoisotopic (exact) mass is 427 g/mol. The Kier molecular flexibility index (Phi) is 8.67. The van der Waals surface area contributed by atoms with Crippen molar-refractivity contribution in [3.05, 3.63) is 76.8 Å². The molecule has 1 amide bonds. The van der Waals surface area contributed by atoms with E-state index in [-0.39, 0.29) is 11.7 Å². The van der Waals surface area contributed by atoms with Crippen LogP contribution >= 0.6 is 11.6 Å². The zero-order chi connectivity index (χ0) is 22.1. The quantitative estimate of drug-likeness (QED) is 0.438. The number of hydrogen-bond donors (Lipinski definition) is 0. The molecule has 160 valence electrons. The van der Waals surface area contributed by atoms with Crippen molar-refractivity contribution in [1.29, 1.82) is 0 Å². The molecule has 0 unspecified atom stereocenters. The summed E-state index contributed by atoms with van der Waals surface area (Å²) in [5.74, 6) is 0.479. The Morgan fingerprint density at radius 2 is 1.37 bits per heavy atom. The van der Waals surface area contributed by atoms with E-state index in [0.29, 0.717) is 21.9 Å². The van der Waals surface area contributed by atoms with Crippen LogP contribution in [0.5, 0.6) is 5.75 Å². The number of allylic oxidation sites excluding steroid dienone is 2. The van der Waals surface area contributed by atoms with Crippen molar-refractivity contribution in [3.8, 4) is 5.75 Å². The summed E-state index contributed by atoms with van der Waals surface area (Å²) >= 11 is 5.86. The summed E-state index contributed by atoms with van der Waals surface area (Å²) in [5.41, 5.74) is 0.197. The average molecular weight is 428 g/mol. The van der Waals surface area contributed by atoms with Gasteiger partial charge < -0.3 is 9.64 Å². The third-order valence-electron chi connectivity index (χ3n) is 4.84. The number of ketones is 1. The Bertz CT molecular complexity index is 860. The third kappa shape index (κ3) is 6.46. The largest absolute Gasteiger partial charge is 0.478 e. The minimum Gasteiger partial charge on any atom is -0.478 e. The van der Waals surface area contributed by atoms with E-state index in [1.165, 1.54) is 0 Å². The molecule has 1 aliphatic heterocycles. The molecule has 0 aliphatic carbocycles. The van der Waals surface area contributed by atoms with Crippen molar-refractivity contribution in [2.24, 2.45) is 0 Å². The third-order valence-corrected chi connectivity index (χ3v) is 5.09. The lowest BCUT2D eigenvalue weighted by Gasteiger charge is -2.29. The first-order valence-electron chi connectivity index (χ1n) is 10.2. The molecule has 1 fully saturated rings. The maximum Gasteiger partial charge on any atom is 0.266 e. The summed E-state index contributed by atoms with van der Waals surface area (Å²) in [6, 6.07) is 13.7. The predicted molar refractivity (Wildman–Crippen MR) is 122 cm³/mol. The molecular formula is C25H30ClNO3. The fraction of sp³-hybridized carbons (Fsp3) is 0.360. The lowest BCUT2D eigenvalue weighted by Crippen LogP contribution is -2.47. The van der Waals surface area contributed by atoms with Gasteiger partial charge >= 0.3 is 0 Å². The van der Waals surface area contributed by atoms with E-state index in [0.717, 1.165) is 25.9 Å². The number of hydrogen-bond acceptors (Lipinski definition) is 3. The SMILES string of the molecule is C/C=C\C.CC(C)(Oc1ccc(C(=O)c2ccc(Cl)cc2)cc1)C(=O)N1CCCC1. The first kappa shape index (κ1) is 23.7. The van der Waals surface area contributed by atoms with Crippen molar-refractivity contribution >= 4 is 23.3 Å². The van der Waals surface area contributed by atoms with Crippen LogP contribution in [0.2, 0.25) is 5.02 Å². The molecule has 0 bridgehead atoms. The molecule has 1 saturated heterocycles. The van der Waals surface area contributed by atoms with E-state index in [4.69, 9.17) is 16.3 Å². The molecule has 4 nitrogen and oxygen atoms in total. The average Bonchev–Trinajstić information content (AvgIpc) is 3.28. The minimum absolute atomic E-state index is 0.00341. The molecule has 0 aromatic heterocycles. The van der Waals surface area contributed by atoms with Gasteiger partial charge in [-0.1, -0.05) is 23.8 Å². The molecule has 1 aliphatic rings. The molecule has 5 heteroatoms. The van der Waals surface area contributed by atoms with Gasteiger partial charge in [0.2, 0.25) is 0 Å². The van der Waals surface area contributed by atoms with Gasteiger partial charge in [-0.3, -0.25) is 9.59 Å². The van der Waals surface area contributed by atoms with E-state index in [9.17, 15) is 9.59 Å². The van der Waals surface area contributed by atoms with Crippen LogP contribution in [-0.4, -0.2) is 35.3 Å². The molecule has 0 saturated carbocycles. The second kappa shape index (κ2) is 11.0. The lowest BCUT2D eigenvalue weighted by molar-refractivity contribution is -0.144. The van der Waals surface area contributed by atoms with Crippen molar-refractivity contribution < 1.29 is 14.3 Å². The zero-order valence-electron chi connectivity index (χ0n) is 18.2. The number of nitrogens with zero attached hydrogens (tertiary/aromatic N) is 1. The van der Waals surface area contributed by atoms with Gasteiger partial charge in [0.1, 0.15) is 5.75 Å². The topological polar surface area (TPSA) is 46.6 Å². The van der Waals surface area contributed by atoms with Crippen LogP contribution in [0.15, 0.2) is 60.7 Å². The number of benzene rings is 2. The Morgan fingerprint density at radius 3 is 1.83 bits per heavy atom. The van der Waals surface area contributed by atoms with Crippen LogP contribution < -0.4 is 4.74 Å². The number of ether oxygens (including phenoxy) is 1. The van der Waals surface area contributed by atoms with Crippen molar-refractivity contribution in [2.45, 2.75) is 46.1 Å². The van der Waals surface area contributed by atoms with Crippen LogP contribution in [0.3, 0.4) is 0 Å². The van der Waals surface area contributed by atoms with Crippen LogP contribution in [0.4, 0.5) is 0 Å². The van der Waals surface area contributed by atoms with Gasteiger partial charge in [0, 0.05) is 29.2 Å². The van der Waals surface area contributed by atoms with Gasteiger partial charge in [-0.15, -0.1) is 0 Å². The summed E-state index contributed by atoms with van der Waals surface area (Å²) in [6.45, 7) is 9.14. The fourth-order valence-electron chi connectivity index (χ4n) is 3.08. The Labute approximate surface area is 184 Å². The summed E-state index contributed by atoms with van der Waals surface area (Å²) in [5, 5.41) is 0.593. The molecule has 0 atom stereocenters. The zero-order valence-corrected chi connectivity index (χ0v) is 18.9. The van der Waals surface area contributed by atoms with Crippen molar-refractivity contribution in [3.63, 3.8) is 0 Å². The van der Waals surface area contributed by atoms with Crippen LogP contribution in [-0.2, 0) is 4.79 Å². The molecule has 0 radical (unpaired) electrons. The van der Waals surface area contributed by atoms with E-state index < -0.39 is 5.60 Å². The number of carbonyl (C=O) groups excluding carboxylic acids is 2. The number of likely N-dealkylation sites (tertiary alicyclic amines) is 1. The van der Waals surface area contributed by atoms with E-state index in [1.807, 2.05) is 30.9 Å². The van der Waals surface area contributed by atoms with Gasteiger partial charge in [0.05, 0.1) is 0 Å². The molecular weight excluding hydrogens is 398 g/mol. The normalized spacial score (nSPS) is 13.7. The fourth-order valence-corrected chi connectivity index (χ4v) is 3.21. The van der Waals surface area contributed by atoms with E-state index in [2.05, 4.69) is 0 Å². The summed E-state index contributed by atoms with van der Waals surface area (Å²) in [6.07, 6.45) is 6.09. The number of carbonyl (C=O) groups is 2. The molecule has 0 spiro atoms. The minimum atomic E-state index is -0.938. The number of rotatable bonds is 5. The molecule has 30 heavy (non-hydrogen) atoms. The standard InChI is InChI=1S/C21H22ClNO3.C4H8/c1-21(2,20(25)23-13-3-4-14-23)26-18-11-7-16(8-12-18)19(24)15-5-9-17(22)10-6-15;1-3-4-2/h5-12H,3-4,13-14H2,1-2H3;3-4H,1-2H3/b;4-3-. The number of amides is 1. The molecule has 2 aromatic rings. The van der Waals surface area contributed by atoms with Crippen LogP contribution in [0.25, 0.3) is 0 Å². The smallest absolute Gasteiger partial charge is 0.266 e. The first-order valence-corrected chi connectivity index (χ1v) is 10.6. The highest BCUT2D eigenvalue weighted by atomic mass is 35.5. The maximum atomic E-state index is 12.6. The van der Waals surface area contributed by atoms with Crippen LogP contribution in [0.1, 0.15) is 56.5 Å². The molecule has 0 N–H and O–H groups in total. The highest BCUT2D eigenvalue weighted by Crippen LogP contribution is 2.23. The maximum absolute atomic E-state index is 12.6. The highest BCUT2D eigenvalue weighted by molar-refractivity contribution is 6.30. The predicted octanol–water partition coefficient (Wildman–Crippen LogP) is 5.93. The number of halogens is 1. The van der Waals surface area contributed by atoms with Crippen molar-refractivity contribution in [1.82, 2.24) is 4.90 Å². The summed E-state index contributed by atoms with van der Waals surface area (Å²) in [4.78, 5) is 26.9. The highest BCUT2D eigenvalue weighted by Gasteiger charge is 2.35. The second-order valence-corrected chi connectivity index (χ2v) is 8.08. The molecule has 3 rings (SSSR count). The Balaban J connectivity index is 0.000000735. The van der Waals surface area contributed by atoms with Gasteiger partial charge in [-0.05, 0) is 89.1 Å². The first-order chi connectivity index (χ1) is 14.3. The lowest BCUT2D eigenvalue weighted by atomic mass is 10.0. The Morgan fingerprint density at radius 1 is 0.900 bits per heavy atom. The van der Waals surface area contributed by atoms with Crippen LogP contribution in [0, 0.1) is 0 Å². The van der Waals surface area contributed by atoms with Gasteiger partial charge in [0.15, 0.2) is 11.4 Å². The van der Waals surface area contributed by atoms with Gasteiger partial charge in [-0.2, -0.15) is 0 Å². The van der Waals surface area contributed by atoms with Gasteiger partial charge in [0.25, 0.3) is 5.91 Å². The van der Waals surface area contributed by atoms with E-state index >= 15 is 0 Å². The van der Waals surface area contributed by atoms with Gasteiger partial charge in [-0.25, -0.2) is 0 Å². The second-order valence-electron chi connectivity index (χ2n) is 7.64. The molecule has 2 aromatic carbocycles. The van der Waals surface area contributed by atoms with E-state index in [1.54, 1.807) is 62.4 Å². The Hall–Kier alpha value is -2.59. The summed E-state index contributed by atoms with van der Waals surface area (Å²) < 4.78 is 5.91. The summed E-state index contributed by atoms with van der Waals surface area (Å²) in [7, 11) is 0. The van der Waals surface area contributed by atoms with Crippen molar-refractivity contribution in [2.75, 3.05) is 13.1 Å².